The van der Waals surface area contributed by atoms with E-state index in [1.807, 2.05) is 16.8 Å². The number of nitrogens with zero attached hydrogens (tertiary/aromatic N) is 1. The molecule has 19 heavy (non-hydrogen) atoms. The molecule has 6 heteroatoms. The van der Waals surface area contributed by atoms with Crippen LogP contribution < -0.4 is 4.74 Å². The van der Waals surface area contributed by atoms with Crippen LogP contribution in [0.15, 0.2) is 35.0 Å². The number of thiophene rings is 1. The Bertz CT molecular complexity index is 580. The summed E-state index contributed by atoms with van der Waals surface area (Å²) in [5.74, 6) is 0.129. The molecular weight excluding hydrogens is 266 g/mol. The molecule has 1 aromatic heterocycles. The molecule has 0 saturated carbocycles. The van der Waals surface area contributed by atoms with Crippen molar-refractivity contribution in [3.8, 4) is 5.75 Å². The van der Waals surface area contributed by atoms with Crippen molar-refractivity contribution in [2.75, 3.05) is 6.61 Å². The first-order valence-corrected chi connectivity index (χ1v) is 6.52. The second-order valence-corrected chi connectivity index (χ2v) is 4.61. The van der Waals surface area contributed by atoms with E-state index in [1.54, 1.807) is 11.3 Å². The van der Waals surface area contributed by atoms with Gasteiger partial charge in [0.2, 0.25) is 0 Å². The van der Waals surface area contributed by atoms with E-state index in [4.69, 9.17) is 4.74 Å². The lowest BCUT2D eigenvalue weighted by Crippen LogP contribution is -2.03. The number of hydrogen-bond acceptors (Lipinski definition) is 5. The lowest BCUT2D eigenvalue weighted by molar-refractivity contribution is -0.385. The highest BCUT2D eigenvalue weighted by Gasteiger charge is 2.15. The zero-order chi connectivity index (χ0) is 13.7. The molecule has 2 aromatic rings. The average molecular weight is 277 g/mol. The molecule has 0 N–H and O–H groups in total. The summed E-state index contributed by atoms with van der Waals surface area (Å²) in [4.78, 5) is 21.0. The Balaban J connectivity index is 2.08. The smallest absolute Gasteiger partial charge is 0.310 e. The zero-order valence-corrected chi connectivity index (χ0v) is 10.8. The highest BCUT2D eigenvalue weighted by Crippen LogP contribution is 2.27. The summed E-state index contributed by atoms with van der Waals surface area (Å²) in [7, 11) is 0. The first-order valence-electron chi connectivity index (χ1n) is 5.58. The average Bonchev–Trinajstić information content (AvgIpc) is 2.91. The van der Waals surface area contributed by atoms with E-state index in [2.05, 4.69) is 0 Å². The Kier molecular flexibility index (Phi) is 4.25. The van der Waals surface area contributed by atoms with E-state index in [9.17, 15) is 14.9 Å². The van der Waals surface area contributed by atoms with Crippen LogP contribution in [-0.4, -0.2) is 17.8 Å². The van der Waals surface area contributed by atoms with Crippen molar-refractivity contribution in [2.45, 2.75) is 6.42 Å². The van der Waals surface area contributed by atoms with E-state index >= 15 is 0 Å². The number of rotatable bonds is 6. The summed E-state index contributed by atoms with van der Waals surface area (Å²) < 4.78 is 5.42. The summed E-state index contributed by atoms with van der Waals surface area (Å²) in [5, 5.41) is 14.8. The standard InChI is InChI=1S/C13H11NO4S/c15-8-11-1-2-12(14(16)17)13(7-11)18-5-3-10-4-6-19-9-10/h1-2,4,6-9H,3,5H2. The predicted octanol–water partition coefficient (Wildman–Crippen LogP) is 3.09. The molecule has 1 heterocycles. The van der Waals surface area contributed by atoms with Crippen LogP contribution in [0.25, 0.3) is 0 Å². The first kappa shape index (κ1) is 13.2. The van der Waals surface area contributed by atoms with Gasteiger partial charge in [-0.1, -0.05) is 0 Å². The molecule has 0 spiro atoms. The number of aldehydes is 1. The van der Waals surface area contributed by atoms with Gasteiger partial charge in [-0.3, -0.25) is 14.9 Å². The van der Waals surface area contributed by atoms with Gasteiger partial charge in [-0.2, -0.15) is 11.3 Å². The maximum Gasteiger partial charge on any atom is 0.310 e. The van der Waals surface area contributed by atoms with E-state index in [-0.39, 0.29) is 11.4 Å². The normalized spacial score (nSPS) is 10.1. The lowest BCUT2D eigenvalue weighted by atomic mass is 10.2. The summed E-state index contributed by atoms with van der Waals surface area (Å²) in [6, 6.07) is 6.05. The molecule has 0 bridgehead atoms. The quantitative estimate of drug-likeness (QED) is 0.462. The lowest BCUT2D eigenvalue weighted by Gasteiger charge is -2.06. The van der Waals surface area contributed by atoms with Crippen molar-refractivity contribution in [3.05, 3.63) is 56.3 Å². The number of nitro benzene ring substituents is 1. The maximum absolute atomic E-state index is 10.9. The second-order valence-electron chi connectivity index (χ2n) is 3.83. The molecule has 2 rings (SSSR count). The number of carbonyl (C=O) groups is 1. The second kappa shape index (κ2) is 6.10. The van der Waals surface area contributed by atoms with Crippen molar-refractivity contribution in [1.82, 2.24) is 0 Å². The molecule has 0 fully saturated rings. The largest absolute Gasteiger partial charge is 0.486 e. The molecule has 5 nitrogen and oxygen atoms in total. The highest BCUT2D eigenvalue weighted by molar-refractivity contribution is 7.07. The Labute approximate surface area is 113 Å². The fraction of sp³-hybridized carbons (Fsp3) is 0.154. The van der Waals surface area contributed by atoms with Crippen molar-refractivity contribution in [3.63, 3.8) is 0 Å². The Morgan fingerprint density at radius 2 is 2.21 bits per heavy atom. The van der Waals surface area contributed by atoms with Crippen LogP contribution in [0, 0.1) is 10.1 Å². The molecule has 0 aliphatic carbocycles. The molecule has 0 aliphatic rings. The molecule has 0 amide bonds. The van der Waals surface area contributed by atoms with Gasteiger partial charge < -0.3 is 4.74 Å². The Morgan fingerprint density at radius 3 is 2.84 bits per heavy atom. The SMILES string of the molecule is O=Cc1ccc([N+](=O)[O-])c(OCCc2ccsc2)c1. The molecule has 0 unspecified atom stereocenters. The van der Waals surface area contributed by atoms with Crippen LogP contribution in [0.5, 0.6) is 5.75 Å². The number of carbonyl (C=O) groups excluding carboxylic acids is 1. The van der Waals surface area contributed by atoms with Crippen LogP contribution >= 0.6 is 11.3 Å². The van der Waals surface area contributed by atoms with Crippen LogP contribution in [0.1, 0.15) is 15.9 Å². The molecule has 98 valence electrons. The maximum atomic E-state index is 10.9. The van der Waals surface area contributed by atoms with Crippen LogP contribution in [0.4, 0.5) is 5.69 Å². The third-order valence-electron chi connectivity index (χ3n) is 2.55. The van der Waals surface area contributed by atoms with Crippen LogP contribution in [0.3, 0.4) is 0 Å². The summed E-state index contributed by atoms with van der Waals surface area (Å²) in [5.41, 5.74) is 1.35. The number of nitro groups is 1. The van der Waals surface area contributed by atoms with Crippen molar-refractivity contribution in [2.24, 2.45) is 0 Å². The van der Waals surface area contributed by atoms with E-state index in [0.717, 1.165) is 5.56 Å². The Morgan fingerprint density at radius 1 is 1.37 bits per heavy atom. The van der Waals surface area contributed by atoms with Gasteiger partial charge >= 0.3 is 5.69 Å². The highest BCUT2D eigenvalue weighted by atomic mass is 32.1. The molecule has 0 atom stereocenters. The van der Waals surface area contributed by atoms with Gasteiger partial charge in [-0.15, -0.1) is 0 Å². The van der Waals surface area contributed by atoms with Gasteiger partial charge in [-0.05, 0) is 34.5 Å². The molecule has 0 radical (unpaired) electrons. The minimum absolute atomic E-state index is 0.129. The summed E-state index contributed by atoms with van der Waals surface area (Å²) in [6.45, 7) is 0.333. The van der Waals surface area contributed by atoms with Gasteiger partial charge in [0, 0.05) is 18.1 Å². The molecular formula is C13H11NO4S. The van der Waals surface area contributed by atoms with E-state index in [1.165, 1.54) is 18.2 Å². The monoisotopic (exact) mass is 277 g/mol. The van der Waals surface area contributed by atoms with Gasteiger partial charge in [-0.25, -0.2) is 0 Å². The van der Waals surface area contributed by atoms with Crippen LogP contribution in [-0.2, 0) is 6.42 Å². The summed E-state index contributed by atoms with van der Waals surface area (Å²) in [6.07, 6.45) is 1.31. The molecule has 0 aliphatic heterocycles. The van der Waals surface area contributed by atoms with Gasteiger partial charge in [0.15, 0.2) is 5.75 Å². The van der Waals surface area contributed by atoms with Crippen molar-refractivity contribution in [1.29, 1.82) is 0 Å². The third-order valence-corrected chi connectivity index (χ3v) is 3.28. The Hall–Kier alpha value is -2.21. The number of benzene rings is 1. The minimum Gasteiger partial charge on any atom is -0.486 e. The predicted molar refractivity (Wildman–Crippen MR) is 72.0 cm³/mol. The van der Waals surface area contributed by atoms with E-state index in [0.29, 0.717) is 24.9 Å². The van der Waals surface area contributed by atoms with Crippen molar-refractivity contribution >= 4 is 23.3 Å². The molecule has 0 saturated heterocycles. The van der Waals surface area contributed by atoms with Gasteiger partial charge in [0.25, 0.3) is 0 Å². The van der Waals surface area contributed by atoms with Crippen molar-refractivity contribution < 1.29 is 14.5 Å². The topological polar surface area (TPSA) is 69.4 Å². The number of ether oxygens (including phenoxy) is 1. The third kappa shape index (κ3) is 3.38. The molecule has 1 aromatic carbocycles. The first-order chi connectivity index (χ1) is 9.20. The van der Waals surface area contributed by atoms with E-state index < -0.39 is 4.92 Å². The zero-order valence-electron chi connectivity index (χ0n) is 9.94. The summed E-state index contributed by atoms with van der Waals surface area (Å²) >= 11 is 1.59. The van der Waals surface area contributed by atoms with Gasteiger partial charge in [0.05, 0.1) is 11.5 Å². The van der Waals surface area contributed by atoms with Crippen LogP contribution in [0.2, 0.25) is 0 Å². The minimum atomic E-state index is -0.519. The fourth-order valence-electron chi connectivity index (χ4n) is 1.58. The fourth-order valence-corrected chi connectivity index (χ4v) is 2.29. The number of hydrogen-bond donors (Lipinski definition) is 0. The van der Waals surface area contributed by atoms with Gasteiger partial charge in [0.1, 0.15) is 6.29 Å².